The van der Waals surface area contributed by atoms with Crippen molar-refractivity contribution in [3.05, 3.63) is 0 Å². The van der Waals surface area contributed by atoms with Crippen LogP contribution in [-0.4, -0.2) is 76.5 Å². The third-order valence-corrected chi connectivity index (χ3v) is 3.31. The molecular formula is C12H22N2O7. The molecule has 1 fully saturated rings. The molecule has 0 bridgehead atoms. The summed E-state index contributed by atoms with van der Waals surface area (Å²) in [7, 11) is 1.55. The second-order valence-electron chi connectivity index (χ2n) is 4.87. The molecule has 1 rings (SSSR count). The Hall–Kier alpha value is -1.26. The number of unbranched alkanes of at least 4 members (excludes halogenated alkanes) is 1. The zero-order chi connectivity index (χ0) is 16.0. The second-order valence-corrected chi connectivity index (χ2v) is 4.87. The molecule has 122 valence electrons. The average Bonchev–Trinajstić information content (AvgIpc) is 2.45. The first-order valence-corrected chi connectivity index (χ1v) is 6.75. The molecule has 5 atom stereocenters. The topological polar surface area (TPSA) is 148 Å². The first-order valence-electron chi connectivity index (χ1n) is 6.75. The molecule has 1 aliphatic heterocycles. The van der Waals surface area contributed by atoms with E-state index in [4.69, 9.17) is 9.84 Å². The summed E-state index contributed by atoms with van der Waals surface area (Å²) in [5.41, 5.74) is 0. The molecule has 5 unspecified atom stereocenters. The molecule has 1 amide bonds. The number of carboxylic acid groups (broad SMARTS) is 1. The number of rotatable bonds is 7. The van der Waals surface area contributed by atoms with Crippen molar-refractivity contribution in [2.45, 2.75) is 49.9 Å². The summed E-state index contributed by atoms with van der Waals surface area (Å²) in [6.07, 6.45) is -5.84. The van der Waals surface area contributed by atoms with Gasteiger partial charge in [-0.15, -0.1) is 0 Å². The van der Waals surface area contributed by atoms with Crippen LogP contribution in [0.2, 0.25) is 0 Å². The fourth-order valence-electron chi connectivity index (χ4n) is 2.03. The molecule has 9 heteroatoms. The van der Waals surface area contributed by atoms with Crippen LogP contribution in [0.25, 0.3) is 0 Å². The van der Waals surface area contributed by atoms with Crippen LogP contribution in [0.5, 0.6) is 0 Å². The number of aliphatic hydroxyl groups excluding tert-OH is 3. The van der Waals surface area contributed by atoms with Gasteiger partial charge in [-0.3, -0.25) is 10.1 Å². The summed E-state index contributed by atoms with van der Waals surface area (Å²) in [4.78, 5) is 21.9. The molecule has 0 aliphatic carbocycles. The Morgan fingerprint density at radius 2 is 1.76 bits per heavy atom. The first-order chi connectivity index (χ1) is 9.88. The van der Waals surface area contributed by atoms with Gasteiger partial charge < -0.3 is 30.5 Å². The summed E-state index contributed by atoms with van der Waals surface area (Å²) in [6.45, 7) is 0.369. The van der Waals surface area contributed by atoms with Crippen molar-refractivity contribution in [1.82, 2.24) is 10.6 Å². The predicted molar refractivity (Wildman–Crippen MR) is 70.2 cm³/mol. The maximum atomic E-state index is 11.0. The Balaban J connectivity index is 2.39. The lowest BCUT2D eigenvalue weighted by molar-refractivity contribution is -0.233. The minimum Gasteiger partial charge on any atom is -0.479 e. The van der Waals surface area contributed by atoms with Crippen LogP contribution in [0.15, 0.2) is 0 Å². The third-order valence-electron chi connectivity index (χ3n) is 3.31. The molecule has 0 spiro atoms. The molecule has 0 saturated carbocycles. The van der Waals surface area contributed by atoms with E-state index in [0.29, 0.717) is 25.8 Å². The Kier molecular flexibility index (Phi) is 6.99. The maximum absolute atomic E-state index is 11.0. The highest BCUT2D eigenvalue weighted by molar-refractivity contribution is 5.75. The fourth-order valence-corrected chi connectivity index (χ4v) is 2.03. The summed E-state index contributed by atoms with van der Waals surface area (Å²) >= 11 is 0. The van der Waals surface area contributed by atoms with Gasteiger partial charge in [0, 0.05) is 13.5 Å². The summed E-state index contributed by atoms with van der Waals surface area (Å²) in [5.74, 6) is -1.49. The number of hydrogen-bond donors (Lipinski definition) is 6. The molecule has 1 saturated heterocycles. The highest BCUT2D eigenvalue weighted by atomic mass is 16.6. The molecule has 1 aliphatic rings. The number of ether oxygens (including phenoxy) is 1. The second kappa shape index (κ2) is 8.25. The minimum absolute atomic E-state index is 0.0755. The lowest BCUT2D eigenvalue weighted by Crippen LogP contribution is -2.63. The molecule has 6 N–H and O–H groups in total. The SMILES string of the molecule is CNC(=O)CCCCNC1OC(C(=O)O)C(O)C(O)C1O. The van der Waals surface area contributed by atoms with Crippen LogP contribution in [0, 0.1) is 0 Å². The van der Waals surface area contributed by atoms with Gasteiger partial charge in [0.2, 0.25) is 5.91 Å². The van der Waals surface area contributed by atoms with Gasteiger partial charge in [0.25, 0.3) is 0 Å². The molecular weight excluding hydrogens is 284 g/mol. The van der Waals surface area contributed by atoms with Gasteiger partial charge >= 0.3 is 5.97 Å². The maximum Gasteiger partial charge on any atom is 0.335 e. The Morgan fingerprint density at radius 1 is 1.10 bits per heavy atom. The molecule has 0 aromatic heterocycles. The number of nitrogens with one attached hydrogen (secondary N) is 2. The number of aliphatic carboxylic acids is 1. The van der Waals surface area contributed by atoms with E-state index >= 15 is 0 Å². The number of hydrogen-bond acceptors (Lipinski definition) is 7. The molecule has 9 nitrogen and oxygen atoms in total. The first kappa shape index (κ1) is 17.8. The number of amides is 1. The van der Waals surface area contributed by atoms with Crippen LogP contribution < -0.4 is 10.6 Å². The Bertz CT molecular complexity index is 366. The predicted octanol–water partition coefficient (Wildman–Crippen LogP) is -2.62. The zero-order valence-electron chi connectivity index (χ0n) is 11.7. The van der Waals surface area contributed by atoms with E-state index in [-0.39, 0.29) is 5.91 Å². The lowest BCUT2D eigenvalue weighted by Gasteiger charge is -2.39. The standard InChI is InChI=1S/C12H22N2O7/c1-13-6(15)4-2-3-5-14-11-9(18)7(16)8(17)10(21-11)12(19)20/h7-11,14,16-18H,2-5H2,1H3,(H,13,15)(H,19,20). The van der Waals surface area contributed by atoms with Gasteiger partial charge in [-0.05, 0) is 19.4 Å². The fraction of sp³-hybridized carbons (Fsp3) is 0.833. The van der Waals surface area contributed by atoms with Gasteiger partial charge in [-0.25, -0.2) is 4.79 Å². The Morgan fingerprint density at radius 3 is 2.33 bits per heavy atom. The normalized spacial score (nSPS) is 32.7. The van der Waals surface area contributed by atoms with Crippen molar-refractivity contribution in [2.24, 2.45) is 0 Å². The van der Waals surface area contributed by atoms with E-state index in [0.717, 1.165) is 0 Å². The van der Waals surface area contributed by atoms with Crippen molar-refractivity contribution in [3.63, 3.8) is 0 Å². The van der Waals surface area contributed by atoms with Crippen LogP contribution in [0.1, 0.15) is 19.3 Å². The lowest BCUT2D eigenvalue weighted by atomic mass is 9.98. The molecule has 21 heavy (non-hydrogen) atoms. The molecule has 0 radical (unpaired) electrons. The van der Waals surface area contributed by atoms with E-state index < -0.39 is 36.6 Å². The van der Waals surface area contributed by atoms with E-state index in [1.165, 1.54) is 0 Å². The largest absolute Gasteiger partial charge is 0.479 e. The summed E-state index contributed by atoms with van der Waals surface area (Å²) < 4.78 is 5.04. The minimum atomic E-state index is -1.69. The summed E-state index contributed by atoms with van der Waals surface area (Å²) in [5, 5.41) is 43.0. The van der Waals surface area contributed by atoms with E-state index in [1.54, 1.807) is 7.05 Å². The zero-order valence-corrected chi connectivity index (χ0v) is 11.7. The van der Waals surface area contributed by atoms with Crippen LogP contribution >= 0.6 is 0 Å². The van der Waals surface area contributed by atoms with Crippen LogP contribution in [0.3, 0.4) is 0 Å². The monoisotopic (exact) mass is 306 g/mol. The van der Waals surface area contributed by atoms with Crippen molar-refractivity contribution < 1.29 is 34.8 Å². The third kappa shape index (κ3) is 4.90. The quantitative estimate of drug-likeness (QED) is 0.280. The van der Waals surface area contributed by atoms with Gasteiger partial charge in [-0.2, -0.15) is 0 Å². The Labute approximate surface area is 121 Å². The molecule has 0 aromatic carbocycles. The van der Waals surface area contributed by atoms with Gasteiger partial charge in [0.1, 0.15) is 24.5 Å². The average molecular weight is 306 g/mol. The van der Waals surface area contributed by atoms with Gasteiger partial charge in [0.05, 0.1) is 0 Å². The van der Waals surface area contributed by atoms with Crippen LogP contribution in [0.4, 0.5) is 0 Å². The van der Waals surface area contributed by atoms with Gasteiger partial charge in [0.15, 0.2) is 6.10 Å². The van der Waals surface area contributed by atoms with Crippen molar-refractivity contribution in [1.29, 1.82) is 0 Å². The van der Waals surface area contributed by atoms with Crippen molar-refractivity contribution in [2.75, 3.05) is 13.6 Å². The van der Waals surface area contributed by atoms with E-state index in [1.807, 2.05) is 0 Å². The number of carbonyl (C=O) groups is 2. The van der Waals surface area contributed by atoms with Crippen molar-refractivity contribution in [3.8, 4) is 0 Å². The summed E-state index contributed by atoms with van der Waals surface area (Å²) in [6, 6.07) is 0. The number of aliphatic hydroxyl groups is 3. The molecule has 0 aromatic rings. The van der Waals surface area contributed by atoms with Gasteiger partial charge in [-0.1, -0.05) is 0 Å². The highest BCUT2D eigenvalue weighted by Gasteiger charge is 2.46. The number of carbonyl (C=O) groups excluding carboxylic acids is 1. The molecule has 1 heterocycles. The number of carboxylic acids is 1. The van der Waals surface area contributed by atoms with E-state index in [9.17, 15) is 24.9 Å². The highest BCUT2D eigenvalue weighted by Crippen LogP contribution is 2.20. The smallest absolute Gasteiger partial charge is 0.335 e. The van der Waals surface area contributed by atoms with E-state index in [2.05, 4.69) is 10.6 Å². The van der Waals surface area contributed by atoms with Crippen molar-refractivity contribution >= 4 is 11.9 Å². The van der Waals surface area contributed by atoms with Crippen LogP contribution in [-0.2, 0) is 14.3 Å².